The maximum atomic E-state index is 10.6. The van der Waals surface area contributed by atoms with Crippen molar-refractivity contribution in [2.45, 2.75) is 58.8 Å². The third kappa shape index (κ3) is 1.86. The Morgan fingerprint density at radius 3 is 2.87 bits per heavy atom. The lowest BCUT2D eigenvalue weighted by molar-refractivity contribution is -0.109. The van der Waals surface area contributed by atoms with Gasteiger partial charge >= 0.3 is 0 Å². The fourth-order valence-electron chi connectivity index (χ4n) is 4.35. The summed E-state index contributed by atoms with van der Waals surface area (Å²) in [6.07, 6.45) is 10.4. The third-order valence-corrected chi connectivity index (χ3v) is 5.28. The molecule has 2 aliphatic rings. The molecular weight excluding hydrogens is 184 g/mol. The minimum Gasteiger partial charge on any atom is -0.303 e. The number of carbonyl (C=O) groups excluding carboxylic acids is 1. The van der Waals surface area contributed by atoms with Gasteiger partial charge in [-0.1, -0.05) is 26.7 Å². The molecule has 86 valence electrons. The molecular formula is C14H24O. The number of fused-ring (bicyclic) bond motifs is 1. The first-order valence-corrected chi connectivity index (χ1v) is 6.62. The topological polar surface area (TPSA) is 17.1 Å². The molecule has 1 heteroatoms. The van der Waals surface area contributed by atoms with E-state index in [1.807, 2.05) is 0 Å². The van der Waals surface area contributed by atoms with Crippen molar-refractivity contribution in [3.05, 3.63) is 0 Å². The smallest absolute Gasteiger partial charge is 0.120 e. The van der Waals surface area contributed by atoms with Gasteiger partial charge in [-0.3, -0.25) is 0 Å². The lowest BCUT2D eigenvalue weighted by atomic mass is 9.62. The molecule has 1 nitrogen and oxygen atoms in total. The summed E-state index contributed by atoms with van der Waals surface area (Å²) in [6.45, 7) is 4.77. The summed E-state index contributed by atoms with van der Waals surface area (Å²) >= 11 is 0. The normalized spacial score (nSPS) is 42.3. The summed E-state index contributed by atoms with van der Waals surface area (Å²) in [5.41, 5.74) is 0.570. The van der Waals surface area contributed by atoms with Gasteiger partial charge in [0, 0.05) is 6.42 Å². The molecule has 0 bridgehead atoms. The van der Waals surface area contributed by atoms with Crippen molar-refractivity contribution in [3.8, 4) is 0 Å². The van der Waals surface area contributed by atoms with Gasteiger partial charge in [0.2, 0.25) is 0 Å². The summed E-state index contributed by atoms with van der Waals surface area (Å²) in [5, 5.41) is 0. The summed E-state index contributed by atoms with van der Waals surface area (Å²) in [6, 6.07) is 0. The monoisotopic (exact) mass is 208 g/mol. The predicted octanol–water partition coefficient (Wildman–Crippen LogP) is 3.82. The Labute approximate surface area is 93.6 Å². The van der Waals surface area contributed by atoms with Crippen molar-refractivity contribution in [3.63, 3.8) is 0 Å². The van der Waals surface area contributed by atoms with Gasteiger partial charge in [0.05, 0.1) is 0 Å². The summed E-state index contributed by atoms with van der Waals surface area (Å²) in [7, 11) is 0. The molecule has 0 saturated heterocycles. The Hall–Kier alpha value is -0.330. The van der Waals surface area contributed by atoms with Gasteiger partial charge in [-0.15, -0.1) is 0 Å². The lowest BCUT2D eigenvalue weighted by Crippen LogP contribution is -2.34. The van der Waals surface area contributed by atoms with Crippen LogP contribution in [0.2, 0.25) is 0 Å². The zero-order valence-electron chi connectivity index (χ0n) is 10.2. The van der Waals surface area contributed by atoms with Crippen LogP contribution >= 0.6 is 0 Å². The number of carbonyl (C=O) groups is 1. The summed E-state index contributed by atoms with van der Waals surface area (Å²) in [5.74, 6) is 2.38. The first-order valence-electron chi connectivity index (χ1n) is 6.62. The molecule has 0 radical (unpaired) electrons. The average molecular weight is 208 g/mol. The molecule has 0 aliphatic heterocycles. The second kappa shape index (κ2) is 4.27. The average Bonchev–Trinajstić information content (AvgIpc) is 2.55. The molecule has 2 rings (SSSR count). The Kier molecular flexibility index (Phi) is 3.18. The van der Waals surface area contributed by atoms with E-state index in [-0.39, 0.29) is 0 Å². The van der Waals surface area contributed by atoms with Gasteiger partial charge in [0.25, 0.3) is 0 Å². The molecule has 4 atom stereocenters. The zero-order valence-corrected chi connectivity index (χ0v) is 10.2. The molecule has 2 saturated carbocycles. The molecule has 0 heterocycles. The van der Waals surface area contributed by atoms with Crippen LogP contribution in [0, 0.1) is 23.2 Å². The van der Waals surface area contributed by atoms with E-state index in [0.717, 1.165) is 24.5 Å². The van der Waals surface area contributed by atoms with Crippen LogP contribution in [-0.4, -0.2) is 6.29 Å². The highest BCUT2D eigenvalue weighted by Gasteiger charge is 2.48. The van der Waals surface area contributed by atoms with Crippen LogP contribution < -0.4 is 0 Å². The Bertz CT molecular complexity index is 235. The van der Waals surface area contributed by atoms with E-state index >= 15 is 0 Å². The summed E-state index contributed by atoms with van der Waals surface area (Å²) < 4.78 is 0. The minimum absolute atomic E-state index is 0.570. The zero-order chi connectivity index (χ0) is 10.9. The second-order valence-electron chi connectivity index (χ2n) is 6.01. The third-order valence-electron chi connectivity index (χ3n) is 5.28. The maximum absolute atomic E-state index is 10.6. The van der Waals surface area contributed by atoms with Gasteiger partial charge in [0.1, 0.15) is 6.29 Å². The lowest BCUT2D eigenvalue weighted by Gasteiger charge is -2.42. The van der Waals surface area contributed by atoms with Crippen LogP contribution in [0.15, 0.2) is 0 Å². The van der Waals surface area contributed by atoms with Crippen molar-refractivity contribution in [1.82, 2.24) is 0 Å². The van der Waals surface area contributed by atoms with Crippen molar-refractivity contribution in [2.75, 3.05) is 0 Å². The standard InChI is InChI=1S/C14H24O/c1-11(8-10-15)13-7-6-12-5-3-4-9-14(12,13)2/h10-13H,3-9H2,1-2H3/t11?,12-,13-,14+/m1/s1. The molecule has 1 unspecified atom stereocenters. The Morgan fingerprint density at radius 2 is 2.13 bits per heavy atom. The molecule has 0 aromatic rings. The molecule has 2 aliphatic carbocycles. The highest BCUT2D eigenvalue weighted by Crippen LogP contribution is 2.57. The van der Waals surface area contributed by atoms with E-state index in [4.69, 9.17) is 0 Å². The highest BCUT2D eigenvalue weighted by atomic mass is 16.1. The molecule has 0 amide bonds. The van der Waals surface area contributed by atoms with Gasteiger partial charge in [0.15, 0.2) is 0 Å². The molecule has 0 N–H and O–H groups in total. The van der Waals surface area contributed by atoms with Gasteiger partial charge in [-0.25, -0.2) is 0 Å². The molecule has 0 aromatic heterocycles. The first-order chi connectivity index (χ1) is 7.18. The number of hydrogen-bond donors (Lipinski definition) is 0. The van der Waals surface area contributed by atoms with E-state index in [0.29, 0.717) is 11.3 Å². The fraction of sp³-hybridized carbons (Fsp3) is 0.929. The fourth-order valence-corrected chi connectivity index (χ4v) is 4.35. The molecule has 0 spiro atoms. The SMILES string of the molecule is CC(CC=O)[C@H]1CC[C@H]2CCCC[C@@]21C. The van der Waals surface area contributed by atoms with E-state index in [2.05, 4.69) is 13.8 Å². The van der Waals surface area contributed by atoms with Crippen LogP contribution in [0.1, 0.15) is 58.8 Å². The van der Waals surface area contributed by atoms with Crippen molar-refractivity contribution >= 4 is 6.29 Å². The molecule has 15 heavy (non-hydrogen) atoms. The van der Waals surface area contributed by atoms with Crippen molar-refractivity contribution < 1.29 is 4.79 Å². The predicted molar refractivity (Wildman–Crippen MR) is 62.6 cm³/mol. The minimum atomic E-state index is 0.570. The van der Waals surface area contributed by atoms with E-state index in [9.17, 15) is 4.79 Å². The van der Waals surface area contributed by atoms with Crippen LogP contribution in [0.5, 0.6) is 0 Å². The highest BCUT2D eigenvalue weighted by molar-refractivity contribution is 5.49. The Morgan fingerprint density at radius 1 is 1.33 bits per heavy atom. The van der Waals surface area contributed by atoms with E-state index in [1.165, 1.54) is 38.5 Å². The molecule has 0 aromatic carbocycles. The number of hydrogen-bond acceptors (Lipinski definition) is 1. The van der Waals surface area contributed by atoms with Gasteiger partial charge in [-0.2, -0.15) is 0 Å². The van der Waals surface area contributed by atoms with Crippen molar-refractivity contribution in [2.24, 2.45) is 23.2 Å². The Balaban J connectivity index is 2.09. The van der Waals surface area contributed by atoms with Gasteiger partial charge in [-0.05, 0) is 48.9 Å². The number of rotatable bonds is 3. The van der Waals surface area contributed by atoms with Crippen LogP contribution in [0.4, 0.5) is 0 Å². The van der Waals surface area contributed by atoms with E-state index in [1.54, 1.807) is 0 Å². The largest absolute Gasteiger partial charge is 0.303 e. The quantitative estimate of drug-likeness (QED) is 0.644. The number of aldehydes is 1. The van der Waals surface area contributed by atoms with E-state index < -0.39 is 0 Å². The van der Waals surface area contributed by atoms with Crippen LogP contribution in [-0.2, 0) is 4.79 Å². The van der Waals surface area contributed by atoms with Crippen LogP contribution in [0.3, 0.4) is 0 Å². The first kappa shape index (κ1) is 11.2. The molecule has 2 fully saturated rings. The second-order valence-corrected chi connectivity index (χ2v) is 6.01. The maximum Gasteiger partial charge on any atom is 0.120 e. The van der Waals surface area contributed by atoms with Crippen LogP contribution in [0.25, 0.3) is 0 Å². The van der Waals surface area contributed by atoms with Crippen molar-refractivity contribution in [1.29, 1.82) is 0 Å². The summed E-state index contributed by atoms with van der Waals surface area (Å²) in [4.78, 5) is 10.6. The van der Waals surface area contributed by atoms with Gasteiger partial charge < -0.3 is 4.79 Å².